The molecule has 3 nitrogen and oxygen atoms in total. The van der Waals surface area contributed by atoms with Gasteiger partial charge in [0.25, 0.3) is 0 Å². The van der Waals surface area contributed by atoms with E-state index in [1.54, 1.807) is 11.6 Å². The maximum Gasteiger partial charge on any atom is 0.145 e. The van der Waals surface area contributed by atoms with Crippen LogP contribution in [0.25, 0.3) is 0 Å². The van der Waals surface area contributed by atoms with Crippen molar-refractivity contribution < 1.29 is 0 Å². The molecule has 0 bridgehead atoms. The Labute approximate surface area is 76.6 Å². The first-order chi connectivity index (χ1) is 5.70. The van der Waals surface area contributed by atoms with Crippen LogP contribution in [-0.4, -0.2) is 9.78 Å². The molecule has 0 aromatic carbocycles. The van der Waals surface area contributed by atoms with Crippen LogP contribution in [0.1, 0.15) is 24.6 Å². The van der Waals surface area contributed by atoms with E-state index in [2.05, 4.69) is 5.10 Å². The molecule has 1 aromatic rings. The van der Waals surface area contributed by atoms with Gasteiger partial charge in [0.2, 0.25) is 0 Å². The van der Waals surface area contributed by atoms with Crippen LogP contribution in [0.3, 0.4) is 0 Å². The number of halogens is 1. The Bertz CT molecular complexity index is 322. The second-order valence-electron chi connectivity index (χ2n) is 2.59. The third kappa shape index (κ3) is 1.44. The molecular formula is C8H10ClN3. The van der Waals surface area contributed by atoms with Crippen LogP contribution in [0.4, 0.5) is 0 Å². The zero-order chi connectivity index (χ0) is 9.14. The highest BCUT2D eigenvalue weighted by atomic mass is 35.5. The molecule has 0 aliphatic heterocycles. The average Bonchev–Trinajstić information content (AvgIpc) is 2.29. The molecule has 0 atom stereocenters. The Morgan fingerprint density at radius 2 is 2.33 bits per heavy atom. The van der Waals surface area contributed by atoms with Crippen LogP contribution >= 0.6 is 11.6 Å². The highest BCUT2D eigenvalue weighted by Crippen LogP contribution is 2.18. The van der Waals surface area contributed by atoms with E-state index in [-0.39, 0.29) is 0 Å². The minimum Gasteiger partial charge on any atom is -0.252 e. The van der Waals surface area contributed by atoms with Crippen LogP contribution < -0.4 is 0 Å². The van der Waals surface area contributed by atoms with Gasteiger partial charge in [-0.3, -0.25) is 4.68 Å². The van der Waals surface area contributed by atoms with Crippen molar-refractivity contribution in [3.63, 3.8) is 0 Å². The van der Waals surface area contributed by atoms with E-state index in [0.717, 1.165) is 13.0 Å². The third-order valence-corrected chi connectivity index (χ3v) is 2.00. The maximum absolute atomic E-state index is 8.69. The SMILES string of the molecule is CCCn1nc(C)c(C#N)c1Cl. The Hall–Kier alpha value is -1.01. The van der Waals surface area contributed by atoms with E-state index >= 15 is 0 Å². The van der Waals surface area contributed by atoms with E-state index in [9.17, 15) is 0 Å². The molecule has 0 fully saturated rings. The molecule has 1 heterocycles. The van der Waals surface area contributed by atoms with Gasteiger partial charge in [0.05, 0.1) is 5.69 Å². The van der Waals surface area contributed by atoms with Gasteiger partial charge in [0.15, 0.2) is 0 Å². The van der Waals surface area contributed by atoms with Crippen LogP contribution in [0.5, 0.6) is 0 Å². The normalized spacial score (nSPS) is 9.83. The van der Waals surface area contributed by atoms with E-state index in [0.29, 0.717) is 16.4 Å². The molecule has 0 saturated carbocycles. The van der Waals surface area contributed by atoms with Gasteiger partial charge in [-0.25, -0.2) is 0 Å². The summed E-state index contributed by atoms with van der Waals surface area (Å²) in [6.45, 7) is 4.59. The summed E-state index contributed by atoms with van der Waals surface area (Å²) in [6.07, 6.45) is 0.964. The summed E-state index contributed by atoms with van der Waals surface area (Å²) in [5, 5.41) is 13.3. The Morgan fingerprint density at radius 1 is 1.67 bits per heavy atom. The van der Waals surface area contributed by atoms with Crippen molar-refractivity contribution in [2.24, 2.45) is 0 Å². The van der Waals surface area contributed by atoms with Gasteiger partial charge in [-0.1, -0.05) is 18.5 Å². The fraction of sp³-hybridized carbons (Fsp3) is 0.500. The van der Waals surface area contributed by atoms with Crippen molar-refractivity contribution in [3.05, 3.63) is 16.4 Å². The minimum atomic E-state index is 0.455. The second-order valence-corrected chi connectivity index (χ2v) is 2.94. The summed E-state index contributed by atoms with van der Waals surface area (Å²) in [5.74, 6) is 0. The van der Waals surface area contributed by atoms with Gasteiger partial charge in [0.1, 0.15) is 16.8 Å². The van der Waals surface area contributed by atoms with Crippen molar-refractivity contribution in [1.29, 1.82) is 5.26 Å². The third-order valence-electron chi connectivity index (χ3n) is 1.61. The maximum atomic E-state index is 8.69. The summed E-state index contributed by atoms with van der Waals surface area (Å²) in [5.41, 5.74) is 1.20. The molecule has 0 saturated heterocycles. The Balaban J connectivity index is 3.10. The summed E-state index contributed by atoms with van der Waals surface area (Å²) in [7, 11) is 0. The summed E-state index contributed by atoms with van der Waals surface area (Å²) < 4.78 is 1.66. The monoisotopic (exact) mass is 183 g/mol. The average molecular weight is 184 g/mol. The topological polar surface area (TPSA) is 41.6 Å². The van der Waals surface area contributed by atoms with E-state index < -0.39 is 0 Å². The largest absolute Gasteiger partial charge is 0.252 e. The summed E-state index contributed by atoms with van der Waals surface area (Å²) >= 11 is 5.89. The molecule has 0 spiro atoms. The number of nitriles is 1. The minimum absolute atomic E-state index is 0.455. The van der Waals surface area contributed by atoms with Crippen LogP contribution in [0.15, 0.2) is 0 Å². The molecule has 0 unspecified atom stereocenters. The van der Waals surface area contributed by atoms with Crippen molar-refractivity contribution in [2.75, 3.05) is 0 Å². The lowest BCUT2D eigenvalue weighted by Crippen LogP contribution is -1.98. The molecule has 0 amide bonds. The van der Waals surface area contributed by atoms with Crippen molar-refractivity contribution >= 4 is 11.6 Å². The zero-order valence-corrected chi connectivity index (χ0v) is 7.89. The number of aromatic nitrogens is 2. The van der Waals surface area contributed by atoms with Crippen molar-refractivity contribution in [2.45, 2.75) is 26.8 Å². The highest BCUT2D eigenvalue weighted by molar-refractivity contribution is 6.30. The predicted octanol–water partition coefficient (Wildman–Crippen LogP) is 2.13. The summed E-state index contributed by atoms with van der Waals surface area (Å²) in [4.78, 5) is 0. The van der Waals surface area contributed by atoms with E-state index in [1.165, 1.54) is 0 Å². The molecule has 64 valence electrons. The van der Waals surface area contributed by atoms with Gasteiger partial charge in [-0.2, -0.15) is 10.4 Å². The predicted molar refractivity (Wildman–Crippen MR) is 47.0 cm³/mol. The molecule has 4 heteroatoms. The number of nitrogens with zero attached hydrogens (tertiary/aromatic N) is 3. The first kappa shape index (κ1) is 9.08. The molecule has 1 aromatic heterocycles. The lowest BCUT2D eigenvalue weighted by molar-refractivity contribution is 0.599. The lowest BCUT2D eigenvalue weighted by Gasteiger charge is -1.97. The molecule has 1 rings (SSSR count). The van der Waals surface area contributed by atoms with Crippen LogP contribution in [0.2, 0.25) is 5.15 Å². The first-order valence-corrected chi connectivity index (χ1v) is 4.21. The van der Waals surface area contributed by atoms with Crippen molar-refractivity contribution in [3.8, 4) is 6.07 Å². The Morgan fingerprint density at radius 3 is 2.75 bits per heavy atom. The first-order valence-electron chi connectivity index (χ1n) is 3.83. The van der Waals surface area contributed by atoms with Gasteiger partial charge >= 0.3 is 0 Å². The highest BCUT2D eigenvalue weighted by Gasteiger charge is 2.11. The van der Waals surface area contributed by atoms with Gasteiger partial charge < -0.3 is 0 Å². The number of hydrogen-bond acceptors (Lipinski definition) is 2. The Kier molecular flexibility index (Phi) is 2.72. The molecule has 0 aliphatic carbocycles. The number of rotatable bonds is 2. The van der Waals surface area contributed by atoms with Crippen LogP contribution in [0, 0.1) is 18.3 Å². The lowest BCUT2D eigenvalue weighted by atomic mass is 10.3. The fourth-order valence-corrected chi connectivity index (χ4v) is 1.34. The molecule has 12 heavy (non-hydrogen) atoms. The van der Waals surface area contributed by atoms with Crippen molar-refractivity contribution in [1.82, 2.24) is 9.78 Å². The van der Waals surface area contributed by atoms with Gasteiger partial charge in [0, 0.05) is 6.54 Å². The van der Waals surface area contributed by atoms with Gasteiger partial charge in [-0.15, -0.1) is 0 Å². The molecule has 0 N–H and O–H groups in total. The molecule has 0 aliphatic rings. The fourth-order valence-electron chi connectivity index (χ4n) is 1.04. The quantitative estimate of drug-likeness (QED) is 0.705. The standard InChI is InChI=1S/C8H10ClN3/c1-3-4-12-8(9)7(5-10)6(2)11-12/h3-4H2,1-2H3. The second kappa shape index (κ2) is 3.59. The van der Waals surface area contributed by atoms with Gasteiger partial charge in [-0.05, 0) is 13.3 Å². The van der Waals surface area contributed by atoms with Crippen LogP contribution in [-0.2, 0) is 6.54 Å². The molecule has 0 radical (unpaired) electrons. The van der Waals surface area contributed by atoms with E-state index in [4.69, 9.17) is 16.9 Å². The molecular weight excluding hydrogens is 174 g/mol. The zero-order valence-electron chi connectivity index (χ0n) is 7.13. The smallest absolute Gasteiger partial charge is 0.145 e. The summed E-state index contributed by atoms with van der Waals surface area (Å²) in [6, 6.07) is 2.03. The number of aryl methyl sites for hydroxylation is 2. The number of hydrogen-bond donors (Lipinski definition) is 0. The van der Waals surface area contributed by atoms with E-state index in [1.807, 2.05) is 13.0 Å².